The zero-order chi connectivity index (χ0) is 15.2. The molecule has 0 saturated heterocycles. The third kappa shape index (κ3) is 6.74. The van der Waals surface area contributed by atoms with Crippen LogP contribution in [0.4, 0.5) is 0 Å². The van der Waals surface area contributed by atoms with Gasteiger partial charge in [-0.25, -0.2) is 13.6 Å². The maximum atomic E-state index is 11.7. The molecule has 6 nitrogen and oxygen atoms in total. The summed E-state index contributed by atoms with van der Waals surface area (Å²) in [5.41, 5.74) is 0. The van der Waals surface area contributed by atoms with Gasteiger partial charge in [0.05, 0.1) is 5.75 Å². The van der Waals surface area contributed by atoms with Crippen LogP contribution >= 0.6 is 11.6 Å². The summed E-state index contributed by atoms with van der Waals surface area (Å²) in [4.78, 5) is 11.7. The number of carbonyl (C=O) groups excluding carboxylic acids is 1. The Morgan fingerprint density at radius 3 is 2.80 bits per heavy atom. The summed E-state index contributed by atoms with van der Waals surface area (Å²) >= 11 is 5.80. The fraction of sp³-hybridized carbons (Fsp3) is 0.417. The number of nitrogens with two attached hydrogens (primary N) is 1. The number of nitrogens with one attached hydrogen (secondary N) is 1. The van der Waals surface area contributed by atoms with Gasteiger partial charge in [0.2, 0.25) is 10.0 Å². The summed E-state index contributed by atoms with van der Waals surface area (Å²) in [6.45, 7) is 1.81. The Morgan fingerprint density at radius 2 is 2.20 bits per heavy atom. The number of ether oxygens (including phenoxy) is 1. The van der Waals surface area contributed by atoms with E-state index in [9.17, 15) is 13.2 Å². The van der Waals surface area contributed by atoms with Crippen molar-refractivity contribution in [2.75, 3.05) is 12.3 Å². The largest absolute Gasteiger partial charge is 0.481 e. The van der Waals surface area contributed by atoms with Crippen LogP contribution in [0.25, 0.3) is 0 Å². The Morgan fingerprint density at radius 1 is 1.50 bits per heavy atom. The maximum Gasteiger partial charge on any atom is 0.260 e. The highest BCUT2D eigenvalue weighted by atomic mass is 35.5. The SMILES string of the molecule is CC(Oc1cccc(Cl)c1)C(=O)NCCCS(N)(=O)=O. The van der Waals surface area contributed by atoms with Crippen molar-refractivity contribution in [3.8, 4) is 5.75 Å². The summed E-state index contributed by atoms with van der Waals surface area (Å²) < 4.78 is 26.8. The van der Waals surface area contributed by atoms with Crippen molar-refractivity contribution in [3.05, 3.63) is 29.3 Å². The van der Waals surface area contributed by atoms with E-state index in [1.54, 1.807) is 31.2 Å². The molecule has 0 spiro atoms. The molecule has 3 N–H and O–H groups in total. The molecule has 0 aliphatic carbocycles. The van der Waals surface area contributed by atoms with Gasteiger partial charge < -0.3 is 10.1 Å². The molecule has 0 aliphatic rings. The Kier molecular flexibility index (Phi) is 6.25. The average Bonchev–Trinajstić information content (AvgIpc) is 2.33. The van der Waals surface area contributed by atoms with E-state index < -0.39 is 16.1 Å². The van der Waals surface area contributed by atoms with Gasteiger partial charge in [-0.15, -0.1) is 0 Å². The lowest BCUT2D eigenvalue weighted by Crippen LogP contribution is -2.37. The van der Waals surface area contributed by atoms with Crippen LogP contribution in [0, 0.1) is 0 Å². The summed E-state index contributed by atoms with van der Waals surface area (Å²) in [6, 6.07) is 6.71. The number of carbonyl (C=O) groups is 1. The maximum absolute atomic E-state index is 11.7. The first-order valence-electron chi connectivity index (χ1n) is 5.98. The zero-order valence-corrected chi connectivity index (χ0v) is 12.6. The molecular formula is C12H17ClN2O4S. The Balaban J connectivity index is 2.36. The molecule has 1 unspecified atom stereocenters. The number of sulfonamides is 1. The highest BCUT2D eigenvalue weighted by Crippen LogP contribution is 2.18. The van der Waals surface area contributed by atoms with Crippen LogP contribution in [-0.2, 0) is 14.8 Å². The lowest BCUT2D eigenvalue weighted by Gasteiger charge is -2.14. The first-order valence-corrected chi connectivity index (χ1v) is 8.07. The molecule has 1 rings (SSSR count). The molecular weight excluding hydrogens is 304 g/mol. The molecule has 1 amide bonds. The van der Waals surface area contributed by atoms with E-state index in [1.165, 1.54) is 0 Å². The third-order valence-electron chi connectivity index (χ3n) is 2.38. The number of primary sulfonamides is 1. The molecule has 0 aliphatic heterocycles. The van der Waals surface area contributed by atoms with Gasteiger partial charge in [0.1, 0.15) is 5.75 Å². The van der Waals surface area contributed by atoms with Crippen LogP contribution in [0.1, 0.15) is 13.3 Å². The van der Waals surface area contributed by atoms with E-state index in [0.717, 1.165) is 0 Å². The topological polar surface area (TPSA) is 98.5 Å². The van der Waals surface area contributed by atoms with Crippen LogP contribution in [0.2, 0.25) is 5.02 Å². The van der Waals surface area contributed by atoms with E-state index in [2.05, 4.69) is 5.32 Å². The second kappa shape index (κ2) is 7.47. The van der Waals surface area contributed by atoms with Crippen molar-refractivity contribution < 1.29 is 17.9 Å². The van der Waals surface area contributed by atoms with E-state index in [1.807, 2.05) is 0 Å². The number of hydrogen-bond acceptors (Lipinski definition) is 4. The Bertz CT molecular complexity index is 562. The van der Waals surface area contributed by atoms with Crippen LogP contribution < -0.4 is 15.2 Å². The molecule has 0 heterocycles. The minimum Gasteiger partial charge on any atom is -0.481 e. The van der Waals surface area contributed by atoms with Crippen molar-refractivity contribution in [1.82, 2.24) is 5.32 Å². The first-order chi connectivity index (χ1) is 9.28. The van der Waals surface area contributed by atoms with Crippen LogP contribution in [-0.4, -0.2) is 32.7 Å². The third-order valence-corrected chi connectivity index (χ3v) is 3.48. The predicted octanol–water partition coefficient (Wildman–Crippen LogP) is 0.902. The molecule has 1 aromatic carbocycles. The number of benzene rings is 1. The van der Waals surface area contributed by atoms with Crippen molar-refractivity contribution in [1.29, 1.82) is 0 Å². The van der Waals surface area contributed by atoms with Crippen molar-refractivity contribution in [2.24, 2.45) is 5.14 Å². The van der Waals surface area contributed by atoms with Gasteiger partial charge in [-0.05, 0) is 31.5 Å². The number of rotatable bonds is 7. The van der Waals surface area contributed by atoms with Crippen LogP contribution in [0.15, 0.2) is 24.3 Å². The quantitative estimate of drug-likeness (QED) is 0.729. The molecule has 8 heteroatoms. The van der Waals surface area contributed by atoms with Gasteiger partial charge in [-0.2, -0.15) is 0 Å². The van der Waals surface area contributed by atoms with E-state index in [-0.39, 0.29) is 24.6 Å². The molecule has 0 radical (unpaired) electrons. The standard InChI is InChI=1S/C12H17ClN2O4S/c1-9(19-11-5-2-4-10(13)8-11)12(16)15-6-3-7-20(14,17)18/h2,4-5,8-9H,3,6-7H2,1H3,(H,15,16)(H2,14,17,18). The van der Waals surface area contributed by atoms with Crippen LogP contribution in [0.5, 0.6) is 5.75 Å². The highest BCUT2D eigenvalue weighted by Gasteiger charge is 2.14. The molecule has 112 valence electrons. The second-order valence-corrected chi connectivity index (χ2v) is 6.40. The minimum atomic E-state index is -3.49. The van der Waals surface area contributed by atoms with Gasteiger partial charge in [0.15, 0.2) is 6.10 Å². The molecule has 20 heavy (non-hydrogen) atoms. The molecule has 1 atom stereocenters. The van der Waals surface area contributed by atoms with Crippen molar-refractivity contribution in [3.63, 3.8) is 0 Å². The lowest BCUT2D eigenvalue weighted by molar-refractivity contribution is -0.127. The van der Waals surface area contributed by atoms with E-state index >= 15 is 0 Å². The lowest BCUT2D eigenvalue weighted by atomic mass is 10.3. The van der Waals surface area contributed by atoms with Crippen molar-refractivity contribution >= 4 is 27.5 Å². The summed E-state index contributed by atoms with van der Waals surface area (Å²) in [5.74, 6) is -0.0133. The zero-order valence-electron chi connectivity index (χ0n) is 11.0. The van der Waals surface area contributed by atoms with Gasteiger partial charge >= 0.3 is 0 Å². The Labute approximate surface area is 123 Å². The number of halogens is 1. The minimum absolute atomic E-state index is 0.170. The highest BCUT2D eigenvalue weighted by molar-refractivity contribution is 7.89. The van der Waals surface area contributed by atoms with Gasteiger partial charge in [-0.1, -0.05) is 17.7 Å². The number of amides is 1. The molecule has 0 aromatic heterocycles. The Hall–Kier alpha value is -1.31. The molecule has 0 fully saturated rings. The molecule has 0 bridgehead atoms. The fourth-order valence-electron chi connectivity index (χ4n) is 1.43. The van der Waals surface area contributed by atoms with Gasteiger partial charge in [0, 0.05) is 11.6 Å². The normalized spacial score (nSPS) is 12.8. The van der Waals surface area contributed by atoms with Crippen molar-refractivity contribution in [2.45, 2.75) is 19.4 Å². The number of hydrogen-bond donors (Lipinski definition) is 2. The fourth-order valence-corrected chi connectivity index (χ4v) is 2.15. The summed E-state index contributed by atoms with van der Waals surface area (Å²) in [6.07, 6.45) is -0.447. The van der Waals surface area contributed by atoms with E-state index in [0.29, 0.717) is 10.8 Å². The predicted molar refractivity (Wildman–Crippen MR) is 77.1 cm³/mol. The molecule has 1 aromatic rings. The smallest absolute Gasteiger partial charge is 0.260 e. The van der Waals surface area contributed by atoms with Gasteiger partial charge in [0.25, 0.3) is 5.91 Å². The monoisotopic (exact) mass is 320 g/mol. The summed E-state index contributed by atoms with van der Waals surface area (Å²) in [7, 11) is -3.49. The first kappa shape index (κ1) is 16.7. The second-order valence-electron chi connectivity index (χ2n) is 4.23. The van der Waals surface area contributed by atoms with Crippen LogP contribution in [0.3, 0.4) is 0 Å². The molecule has 0 saturated carbocycles. The van der Waals surface area contributed by atoms with Gasteiger partial charge in [-0.3, -0.25) is 4.79 Å². The average molecular weight is 321 g/mol. The van der Waals surface area contributed by atoms with E-state index in [4.69, 9.17) is 21.5 Å². The summed E-state index contributed by atoms with van der Waals surface area (Å²) in [5, 5.41) is 7.94.